The number of rotatable bonds is 3. The average molecular weight is 289 g/mol. The minimum atomic E-state index is -1.15. The average Bonchev–Trinajstić information content (AvgIpc) is 2.80. The van der Waals surface area contributed by atoms with E-state index < -0.39 is 8.07 Å². The van der Waals surface area contributed by atoms with Crippen molar-refractivity contribution < 1.29 is 0 Å². The first kappa shape index (κ1) is 14.3. The minimum Gasteiger partial charge on any atom is -0.312 e. The van der Waals surface area contributed by atoms with E-state index in [0.717, 1.165) is 18.5 Å². The van der Waals surface area contributed by atoms with Crippen LogP contribution in [0.3, 0.4) is 0 Å². The van der Waals surface area contributed by atoms with E-state index in [1.165, 1.54) is 38.0 Å². The number of nitrogens with zero attached hydrogens (tertiary/aromatic N) is 1. The number of piperidine rings is 1. The number of fused-ring (bicyclic) bond motifs is 1. The fraction of sp³-hybridized carbons (Fsp3) is 0.647. The molecule has 2 unspecified atom stereocenters. The zero-order valence-electron chi connectivity index (χ0n) is 13.2. The second-order valence-corrected chi connectivity index (χ2v) is 12.7. The first-order chi connectivity index (χ1) is 9.52. The van der Waals surface area contributed by atoms with Gasteiger partial charge in [0.15, 0.2) is 0 Å². The number of hydrogen-bond donors (Lipinski definition) is 1. The number of nitrogens with one attached hydrogen (secondary N) is 1. The molecule has 1 N–H and O–H groups in total. The van der Waals surface area contributed by atoms with Gasteiger partial charge in [-0.25, -0.2) is 0 Å². The highest BCUT2D eigenvalue weighted by atomic mass is 28.3. The van der Waals surface area contributed by atoms with Gasteiger partial charge in [0.25, 0.3) is 0 Å². The second kappa shape index (κ2) is 5.62. The Bertz CT molecular complexity index is 435. The number of likely N-dealkylation sites (tertiary alicyclic amines) is 1. The molecule has 2 aliphatic heterocycles. The summed E-state index contributed by atoms with van der Waals surface area (Å²) < 4.78 is 0. The molecule has 2 fully saturated rings. The molecule has 0 aromatic heterocycles. The van der Waals surface area contributed by atoms with E-state index in [0.29, 0.717) is 0 Å². The molecule has 3 heteroatoms. The molecule has 0 aliphatic carbocycles. The molecule has 110 valence electrons. The Labute approximate surface area is 124 Å². The number of hydrogen-bond acceptors (Lipinski definition) is 2. The zero-order chi connectivity index (χ0) is 14.2. The zero-order valence-corrected chi connectivity index (χ0v) is 14.2. The quantitative estimate of drug-likeness (QED) is 0.859. The van der Waals surface area contributed by atoms with Gasteiger partial charge in [0.1, 0.15) is 0 Å². The summed E-state index contributed by atoms with van der Waals surface area (Å²) in [5.74, 6) is 0.894. The molecule has 0 bridgehead atoms. The van der Waals surface area contributed by atoms with Crippen molar-refractivity contribution in [1.82, 2.24) is 10.2 Å². The van der Waals surface area contributed by atoms with Crippen molar-refractivity contribution >= 4 is 13.3 Å². The highest BCUT2D eigenvalue weighted by molar-refractivity contribution is 6.88. The molecule has 2 nitrogen and oxygen atoms in total. The van der Waals surface area contributed by atoms with E-state index in [4.69, 9.17) is 0 Å². The third-order valence-corrected chi connectivity index (χ3v) is 6.97. The van der Waals surface area contributed by atoms with Crippen molar-refractivity contribution in [2.45, 2.75) is 45.1 Å². The van der Waals surface area contributed by atoms with E-state index in [1.54, 1.807) is 5.19 Å². The lowest BCUT2D eigenvalue weighted by Crippen LogP contribution is -2.40. The van der Waals surface area contributed by atoms with Crippen molar-refractivity contribution in [3.63, 3.8) is 0 Å². The SMILES string of the molecule is C[Si](C)(C)c1ccc(CN2CC3CCCNC3C2)cc1. The van der Waals surface area contributed by atoms with Crippen molar-refractivity contribution in [2.75, 3.05) is 19.6 Å². The van der Waals surface area contributed by atoms with Gasteiger partial charge < -0.3 is 5.32 Å². The van der Waals surface area contributed by atoms with E-state index in [-0.39, 0.29) is 0 Å². The lowest BCUT2D eigenvalue weighted by atomic mass is 9.94. The van der Waals surface area contributed by atoms with Crippen molar-refractivity contribution in [1.29, 1.82) is 0 Å². The van der Waals surface area contributed by atoms with Crippen LogP contribution in [0, 0.1) is 5.92 Å². The predicted octanol–water partition coefficient (Wildman–Crippen LogP) is 2.42. The van der Waals surface area contributed by atoms with Gasteiger partial charge >= 0.3 is 0 Å². The van der Waals surface area contributed by atoms with E-state index in [9.17, 15) is 0 Å². The van der Waals surface area contributed by atoms with Crippen LogP contribution >= 0.6 is 0 Å². The van der Waals surface area contributed by atoms with Crippen LogP contribution in [0.25, 0.3) is 0 Å². The van der Waals surface area contributed by atoms with Crippen LogP contribution in [0.15, 0.2) is 24.3 Å². The summed E-state index contributed by atoms with van der Waals surface area (Å²) in [5, 5.41) is 5.26. The topological polar surface area (TPSA) is 15.3 Å². The van der Waals surface area contributed by atoms with Gasteiger partial charge in [-0.2, -0.15) is 0 Å². The first-order valence-electron chi connectivity index (χ1n) is 8.07. The van der Waals surface area contributed by atoms with E-state index in [2.05, 4.69) is 54.1 Å². The molecule has 0 saturated carbocycles. The van der Waals surface area contributed by atoms with Crippen molar-refractivity contribution in [3.05, 3.63) is 29.8 Å². The molecule has 0 radical (unpaired) electrons. The Hall–Kier alpha value is -0.643. The van der Waals surface area contributed by atoms with Crippen LogP contribution in [-0.2, 0) is 6.54 Å². The van der Waals surface area contributed by atoms with Gasteiger partial charge in [0, 0.05) is 25.7 Å². The van der Waals surface area contributed by atoms with Gasteiger partial charge in [-0.05, 0) is 30.9 Å². The molecule has 2 saturated heterocycles. The van der Waals surface area contributed by atoms with Crippen LogP contribution in [0.1, 0.15) is 18.4 Å². The summed E-state index contributed by atoms with van der Waals surface area (Å²) in [6, 6.07) is 10.2. The molecule has 0 spiro atoms. The molecule has 20 heavy (non-hydrogen) atoms. The minimum absolute atomic E-state index is 0.755. The van der Waals surface area contributed by atoms with Gasteiger partial charge in [0.05, 0.1) is 8.07 Å². The summed E-state index contributed by atoms with van der Waals surface area (Å²) in [6.45, 7) is 12.1. The third-order valence-electron chi connectivity index (χ3n) is 4.90. The van der Waals surface area contributed by atoms with E-state index >= 15 is 0 Å². The highest BCUT2D eigenvalue weighted by Gasteiger charge is 2.33. The maximum atomic E-state index is 3.69. The molecule has 3 rings (SSSR count). The smallest absolute Gasteiger partial charge is 0.0775 e. The number of benzene rings is 1. The maximum Gasteiger partial charge on any atom is 0.0775 e. The maximum absolute atomic E-state index is 3.69. The standard InChI is InChI=1S/C17H28N2Si/c1-20(2,3)16-8-6-14(7-9-16)11-19-12-15-5-4-10-18-17(15)13-19/h6-9,15,17-18H,4-5,10-13H2,1-3H3. The largest absolute Gasteiger partial charge is 0.312 e. The Morgan fingerprint density at radius 1 is 1.15 bits per heavy atom. The van der Waals surface area contributed by atoms with Crippen molar-refractivity contribution in [3.8, 4) is 0 Å². The van der Waals surface area contributed by atoms with Crippen LogP contribution < -0.4 is 10.5 Å². The monoisotopic (exact) mass is 288 g/mol. The van der Waals surface area contributed by atoms with Gasteiger partial charge in [-0.3, -0.25) is 4.90 Å². The lowest BCUT2D eigenvalue weighted by Gasteiger charge is -2.24. The second-order valence-electron chi connectivity index (χ2n) is 7.60. The highest BCUT2D eigenvalue weighted by Crippen LogP contribution is 2.25. The van der Waals surface area contributed by atoms with Crippen LogP contribution in [0.2, 0.25) is 19.6 Å². The fourth-order valence-corrected chi connectivity index (χ4v) is 4.80. The normalized spacial score (nSPS) is 27.6. The van der Waals surface area contributed by atoms with Gasteiger partial charge in [-0.15, -0.1) is 0 Å². The molecular formula is C17H28N2Si. The molecule has 1 aromatic rings. The Kier molecular flexibility index (Phi) is 4.02. The first-order valence-corrected chi connectivity index (χ1v) is 11.6. The summed E-state index contributed by atoms with van der Waals surface area (Å²) in [6.07, 6.45) is 2.78. The van der Waals surface area contributed by atoms with Gasteiger partial charge in [-0.1, -0.05) is 49.1 Å². The lowest BCUT2D eigenvalue weighted by molar-refractivity contribution is 0.312. The fourth-order valence-electron chi connectivity index (χ4n) is 3.63. The molecular weight excluding hydrogens is 260 g/mol. The summed E-state index contributed by atoms with van der Waals surface area (Å²) >= 11 is 0. The van der Waals surface area contributed by atoms with Crippen LogP contribution in [-0.4, -0.2) is 38.6 Å². The third kappa shape index (κ3) is 3.16. The Balaban J connectivity index is 1.61. The summed E-state index contributed by atoms with van der Waals surface area (Å²) in [5.41, 5.74) is 1.48. The Morgan fingerprint density at radius 2 is 1.90 bits per heavy atom. The molecule has 1 aromatic carbocycles. The van der Waals surface area contributed by atoms with Crippen LogP contribution in [0.5, 0.6) is 0 Å². The Morgan fingerprint density at radius 3 is 2.55 bits per heavy atom. The molecule has 0 amide bonds. The summed E-state index contributed by atoms with van der Waals surface area (Å²) in [4.78, 5) is 2.64. The predicted molar refractivity (Wildman–Crippen MR) is 89.2 cm³/mol. The molecule has 2 aliphatic rings. The molecule has 2 atom stereocenters. The van der Waals surface area contributed by atoms with Crippen LogP contribution in [0.4, 0.5) is 0 Å². The van der Waals surface area contributed by atoms with Gasteiger partial charge in [0.2, 0.25) is 0 Å². The summed E-state index contributed by atoms with van der Waals surface area (Å²) in [7, 11) is -1.15. The molecule has 2 heterocycles. The van der Waals surface area contributed by atoms with E-state index in [1.807, 2.05) is 0 Å². The van der Waals surface area contributed by atoms with Crippen molar-refractivity contribution in [2.24, 2.45) is 5.92 Å².